The van der Waals surface area contributed by atoms with Gasteiger partial charge in [0.25, 0.3) is 11.6 Å². The summed E-state index contributed by atoms with van der Waals surface area (Å²) in [5, 5.41) is 14.1. The molecule has 1 N–H and O–H groups in total. The number of anilines is 1. The van der Waals surface area contributed by atoms with Crippen LogP contribution in [0.3, 0.4) is 0 Å². The Labute approximate surface area is 145 Å². The average molecular weight is 347 g/mol. The highest BCUT2D eigenvalue weighted by Gasteiger charge is 2.25. The molecule has 0 atom stereocenters. The molecule has 0 unspecified atom stereocenters. The number of ether oxygens (including phenoxy) is 1. The first-order valence-corrected chi connectivity index (χ1v) is 8.54. The molecule has 0 spiro atoms. The number of hydrogen-bond acceptors (Lipinski definition) is 6. The molecule has 3 rings (SSSR count). The second kappa shape index (κ2) is 7.50. The van der Waals surface area contributed by atoms with Crippen molar-refractivity contribution in [2.45, 2.75) is 38.1 Å². The highest BCUT2D eigenvalue weighted by molar-refractivity contribution is 5.93. The lowest BCUT2D eigenvalue weighted by Crippen LogP contribution is -2.30. The van der Waals surface area contributed by atoms with Crippen molar-refractivity contribution in [3.05, 3.63) is 33.9 Å². The summed E-state index contributed by atoms with van der Waals surface area (Å²) in [6, 6.07) is 4.52. The zero-order chi connectivity index (χ0) is 17.8. The third kappa shape index (κ3) is 4.46. The summed E-state index contributed by atoms with van der Waals surface area (Å²) in [7, 11) is 0. The van der Waals surface area contributed by atoms with Crippen molar-refractivity contribution in [1.82, 2.24) is 5.32 Å². The molecule has 0 radical (unpaired) electrons. The lowest BCUT2D eigenvalue weighted by Gasteiger charge is -2.28. The van der Waals surface area contributed by atoms with Gasteiger partial charge in [-0.2, -0.15) is 0 Å². The van der Waals surface area contributed by atoms with E-state index in [2.05, 4.69) is 5.32 Å². The van der Waals surface area contributed by atoms with Crippen molar-refractivity contribution < 1.29 is 19.2 Å². The van der Waals surface area contributed by atoms with Crippen molar-refractivity contribution in [1.29, 1.82) is 0 Å². The summed E-state index contributed by atoms with van der Waals surface area (Å²) >= 11 is 0. The molecule has 1 saturated heterocycles. The van der Waals surface area contributed by atoms with Crippen LogP contribution in [0.25, 0.3) is 0 Å². The van der Waals surface area contributed by atoms with E-state index in [0.717, 1.165) is 45.2 Å². The molecule has 134 valence electrons. The number of nitrogens with zero attached hydrogens (tertiary/aromatic N) is 2. The number of esters is 1. The number of piperidine rings is 1. The van der Waals surface area contributed by atoms with Crippen molar-refractivity contribution in [3.8, 4) is 0 Å². The van der Waals surface area contributed by atoms with Crippen LogP contribution in [-0.4, -0.2) is 42.5 Å². The van der Waals surface area contributed by atoms with Crippen LogP contribution in [0.5, 0.6) is 0 Å². The number of carbonyl (C=O) groups excluding carboxylic acids is 2. The molecular weight excluding hydrogens is 326 g/mol. The molecule has 1 aliphatic carbocycles. The van der Waals surface area contributed by atoms with Gasteiger partial charge in [-0.3, -0.25) is 14.9 Å². The van der Waals surface area contributed by atoms with Crippen LogP contribution in [0.4, 0.5) is 11.4 Å². The van der Waals surface area contributed by atoms with Gasteiger partial charge >= 0.3 is 5.97 Å². The Bertz CT molecular complexity index is 681. The fourth-order valence-corrected chi connectivity index (χ4v) is 2.91. The van der Waals surface area contributed by atoms with Gasteiger partial charge in [-0.15, -0.1) is 0 Å². The van der Waals surface area contributed by atoms with Gasteiger partial charge in [-0.1, -0.05) is 0 Å². The largest absolute Gasteiger partial charge is 0.452 e. The molecule has 1 aliphatic heterocycles. The van der Waals surface area contributed by atoms with Gasteiger partial charge in [0.2, 0.25) is 0 Å². The second-order valence-electron chi connectivity index (χ2n) is 6.43. The molecule has 1 amide bonds. The molecule has 0 aromatic heterocycles. The summed E-state index contributed by atoms with van der Waals surface area (Å²) < 4.78 is 4.95. The predicted molar refractivity (Wildman–Crippen MR) is 90.6 cm³/mol. The lowest BCUT2D eigenvalue weighted by atomic mass is 10.1. The fourth-order valence-electron chi connectivity index (χ4n) is 2.91. The summed E-state index contributed by atoms with van der Waals surface area (Å²) in [5.41, 5.74) is 0.484. The van der Waals surface area contributed by atoms with Crippen LogP contribution >= 0.6 is 0 Å². The monoisotopic (exact) mass is 347 g/mol. The van der Waals surface area contributed by atoms with E-state index in [0.29, 0.717) is 5.69 Å². The summed E-state index contributed by atoms with van der Waals surface area (Å²) in [6.45, 7) is 1.16. The van der Waals surface area contributed by atoms with Crippen LogP contribution in [0.15, 0.2) is 18.2 Å². The SMILES string of the molecule is O=C(COC(=O)c1ccc(N2CCCCC2)c([N+](=O)[O-])c1)NC1CC1. The van der Waals surface area contributed by atoms with Gasteiger partial charge in [-0.25, -0.2) is 4.79 Å². The van der Waals surface area contributed by atoms with Gasteiger partial charge in [0.15, 0.2) is 6.61 Å². The van der Waals surface area contributed by atoms with E-state index in [-0.39, 0.29) is 29.8 Å². The molecule has 0 bridgehead atoms. The van der Waals surface area contributed by atoms with Crippen LogP contribution in [0.1, 0.15) is 42.5 Å². The van der Waals surface area contributed by atoms with Gasteiger partial charge < -0.3 is 15.0 Å². The van der Waals surface area contributed by atoms with Crippen LogP contribution in [0.2, 0.25) is 0 Å². The van der Waals surface area contributed by atoms with Crippen LogP contribution in [-0.2, 0) is 9.53 Å². The minimum Gasteiger partial charge on any atom is -0.452 e. The quantitative estimate of drug-likeness (QED) is 0.480. The molecular formula is C17H21N3O5. The summed E-state index contributed by atoms with van der Waals surface area (Å²) in [4.78, 5) is 36.5. The Morgan fingerprint density at radius 2 is 1.96 bits per heavy atom. The van der Waals surface area contributed by atoms with E-state index in [9.17, 15) is 19.7 Å². The van der Waals surface area contributed by atoms with E-state index in [1.54, 1.807) is 6.07 Å². The van der Waals surface area contributed by atoms with Crippen LogP contribution < -0.4 is 10.2 Å². The fraction of sp³-hybridized carbons (Fsp3) is 0.529. The number of nitrogens with one attached hydrogen (secondary N) is 1. The number of nitro groups is 1. The van der Waals surface area contributed by atoms with E-state index in [1.807, 2.05) is 4.90 Å². The molecule has 8 heteroatoms. The molecule has 25 heavy (non-hydrogen) atoms. The van der Waals surface area contributed by atoms with Crippen molar-refractivity contribution >= 4 is 23.3 Å². The van der Waals surface area contributed by atoms with Crippen molar-refractivity contribution in [3.63, 3.8) is 0 Å². The molecule has 2 aliphatic rings. The number of rotatable bonds is 6. The predicted octanol–water partition coefficient (Wildman–Crippen LogP) is 2.02. The van der Waals surface area contributed by atoms with Crippen molar-refractivity contribution in [2.24, 2.45) is 0 Å². The molecule has 1 aromatic carbocycles. The Hall–Kier alpha value is -2.64. The number of carbonyl (C=O) groups is 2. The van der Waals surface area contributed by atoms with Gasteiger partial charge in [0, 0.05) is 25.2 Å². The van der Waals surface area contributed by atoms with Crippen LogP contribution in [0, 0.1) is 10.1 Å². The molecule has 1 heterocycles. The highest BCUT2D eigenvalue weighted by atomic mass is 16.6. The minimum atomic E-state index is -0.737. The van der Waals surface area contributed by atoms with Gasteiger partial charge in [-0.05, 0) is 44.2 Å². The second-order valence-corrected chi connectivity index (χ2v) is 6.43. The topological polar surface area (TPSA) is 102 Å². The average Bonchev–Trinajstić information content (AvgIpc) is 3.43. The first-order chi connectivity index (χ1) is 12.0. The minimum absolute atomic E-state index is 0.0756. The first kappa shape index (κ1) is 17.2. The normalized spacial score (nSPS) is 17.0. The maximum Gasteiger partial charge on any atom is 0.338 e. The van der Waals surface area contributed by atoms with Gasteiger partial charge in [0.1, 0.15) is 5.69 Å². The number of hydrogen-bond donors (Lipinski definition) is 1. The Morgan fingerprint density at radius 3 is 2.60 bits per heavy atom. The number of nitro benzene ring substituents is 1. The lowest BCUT2D eigenvalue weighted by molar-refractivity contribution is -0.384. The zero-order valence-corrected chi connectivity index (χ0v) is 13.9. The van der Waals surface area contributed by atoms with Crippen molar-refractivity contribution in [2.75, 3.05) is 24.6 Å². The summed E-state index contributed by atoms with van der Waals surface area (Å²) in [5.74, 6) is -1.09. The third-order valence-electron chi connectivity index (χ3n) is 4.38. The third-order valence-corrected chi connectivity index (χ3v) is 4.38. The Kier molecular flexibility index (Phi) is 5.16. The first-order valence-electron chi connectivity index (χ1n) is 8.54. The Morgan fingerprint density at radius 1 is 1.24 bits per heavy atom. The molecule has 1 saturated carbocycles. The highest BCUT2D eigenvalue weighted by Crippen LogP contribution is 2.31. The smallest absolute Gasteiger partial charge is 0.338 e. The van der Waals surface area contributed by atoms with E-state index in [1.165, 1.54) is 12.1 Å². The van der Waals surface area contributed by atoms with Gasteiger partial charge in [0.05, 0.1) is 10.5 Å². The number of amides is 1. The standard InChI is InChI=1S/C17H21N3O5/c21-16(18-13-5-6-13)11-25-17(22)12-4-7-14(15(10-12)20(23)24)19-8-2-1-3-9-19/h4,7,10,13H,1-3,5-6,8-9,11H2,(H,18,21). The molecule has 8 nitrogen and oxygen atoms in total. The molecule has 1 aromatic rings. The number of benzene rings is 1. The van der Waals surface area contributed by atoms with E-state index >= 15 is 0 Å². The molecule has 2 fully saturated rings. The maximum atomic E-state index is 12.1. The van der Waals surface area contributed by atoms with E-state index in [4.69, 9.17) is 4.74 Å². The van der Waals surface area contributed by atoms with E-state index < -0.39 is 10.9 Å². The Balaban J connectivity index is 1.68. The zero-order valence-electron chi connectivity index (χ0n) is 13.9. The maximum absolute atomic E-state index is 12.1. The summed E-state index contributed by atoms with van der Waals surface area (Å²) in [6.07, 6.45) is 5.01.